The van der Waals surface area contributed by atoms with Crippen LogP contribution in [-0.4, -0.2) is 71.2 Å². The zero-order valence-electron chi connectivity index (χ0n) is 21.8. The number of methoxy groups -OCH3 is 1. The number of hydrogen-bond acceptors (Lipinski definition) is 7. The van der Waals surface area contributed by atoms with Crippen LogP contribution in [0.25, 0.3) is 22.5 Å². The maximum atomic E-state index is 14.7. The minimum absolute atomic E-state index is 0.0191. The SMILES string of the molecule is COc1ccc(C(=O)NCc2nnc(-c3cc4c(N[C@@H]5CCN(C)C[C@@H]5F)cccc4n3CC(F)(F)F)o2)cc1. The van der Waals surface area contributed by atoms with Gasteiger partial charge in [-0.05, 0) is 55.9 Å². The van der Waals surface area contributed by atoms with Crippen LogP contribution < -0.4 is 15.4 Å². The van der Waals surface area contributed by atoms with Gasteiger partial charge in [0.2, 0.25) is 5.89 Å². The Kier molecular flexibility index (Phi) is 7.66. The number of hydrogen-bond donors (Lipinski definition) is 2. The van der Waals surface area contributed by atoms with Crippen molar-refractivity contribution in [3.05, 3.63) is 60.0 Å². The van der Waals surface area contributed by atoms with E-state index >= 15 is 0 Å². The lowest BCUT2D eigenvalue weighted by molar-refractivity contribution is -0.139. The Labute approximate surface area is 227 Å². The Balaban J connectivity index is 1.40. The van der Waals surface area contributed by atoms with Crippen molar-refractivity contribution in [2.45, 2.75) is 37.9 Å². The standard InChI is InChI=1S/C27H28F4N6O3/c1-36-11-10-21(19(28)14-36)33-20-4-3-5-22-18(20)12-23(37(22)15-27(29,30)31)26-35-34-24(40-26)13-32-25(38)16-6-8-17(39-2)9-7-16/h3-9,12,19,21,33H,10-11,13-15H2,1-2H3,(H,32,38)/t19-,21+/m0/s1. The summed E-state index contributed by atoms with van der Waals surface area (Å²) in [7, 11) is 3.36. The highest BCUT2D eigenvalue weighted by molar-refractivity contribution is 5.96. The maximum Gasteiger partial charge on any atom is 0.406 e. The molecule has 40 heavy (non-hydrogen) atoms. The molecule has 0 bridgehead atoms. The van der Waals surface area contributed by atoms with Gasteiger partial charge in [-0.15, -0.1) is 10.2 Å². The van der Waals surface area contributed by atoms with Crippen LogP contribution >= 0.6 is 0 Å². The molecule has 2 aromatic carbocycles. The Bertz CT molecular complexity index is 1480. The van der Waals surface area contributed by atoms with Crippen molar-refractivity contribution in [1.82, 2.24) is 25.0 Å². The number of benzene rings is 2. The highest BCUT2D eigenvalue weighted by atomic mass is 19.4. The predicted octanol–water partition coefficient (Wildman–Crippen LogP) is 4.65. The number of rotatable bonds is 8. The molecule has 9 nitrogen and oxygen atoms in total. The summed E-state index contributed by atoms with van der Waals surface area (Å²) >= 11 is 0. The molecule has 1 amide bonds. The third-order valence-electron chi connectivity index (χ3n) is 6.81. The number of halogens is 4. The van der Waals surface area contributed by atoms with Gasteiger partial charge in [-0.3, -0.25) is 4.79 Å². The van der Waals surface area contributed by atoms with Crippen LogP contribution in [0.3, 0.4) is 0 Å². The smallest absolute Gasteiger partial charge is 0.406 e. The van der Waals surface area contributed by atoms with Crippen molar-refractivity contribution < 1.29 is 31.5 Å². The third kappa shape index (κ3) is 6.03. The number of likely N-dealkylation sites (tertiary alicyclic amines) is 1. The first-order valence-corrected chi connectivity index (χ1v) is 12.6. The molecule has 13 heteroatoms. The number of aromatic nitrogens is 3. The summed E-state index contributed by atoms with van der Waals surface area (Å²) in [5.41, 5.74) is 1.24. The number of nitrogens with zero attached hydrogens (tertiary/aromatic N) is 4. The minimum Gasteiger partial charge on any atom is -0.497 e. The molecule has 0 radical (unpaired) electrons. The number of carbonyl (C=O) groups is 1. The molecular formula is C27H28F4N6O3. The molecule has 1 saturated heterocycles. The Morgan fingerprint density at radius 1 is 1.18 bits per heavy atom. The molecule has 2 atom stereocenters. The third-order valence-corrected chi connectivity index (χ3v) is 6.81. The fraction of sp³-hybridized carbons (Fsp3) is 0.370. The first-order chi connectivity index (χ1) is 19.1. The van der Waals surface area contributed by atoms with Crippen LogP contribution in [0.2, 0.25) is 0 Å². The fourth-order valence-electron chi connectivity index (χ4n) is 4.78. The molecule has 1 fully saturated rings. The van der Waals surface area contributed by atoms with E-state index in [4.69, 9.17) is 9.15 Å². The highest BCUT2D eigenvalue weighted by Gasteiger charge is 2.32. The van der Waals surface area contributed by atoms with Gasteiger partial charge in [0.15, 0.2) is 0 Å². The largest absolute Gasteiger partial charge is 0.497 e. The van der Waals surface area contributed by atoms with Gasteiger partial charge in [-0.2, -0.15) is 13.2 Å². The first-order valence-electron chi connectivity index (χ1n) is 12.6. The molecule has 4 aromatic rings. The summed E-state index contributed by atoms with van der Waals surface area (Å²) in [4.78, 5) is 14.4. The Morgan fingerprint density at radius 2 is 1.95 bits per heavy atom. The molecule has 0 aliphatic carbocycles. The topological polar surface area (TPSA) is 97.5 Å². The molecule has 1 aliphatic rings. The van der Waals surface area contributed by atoms with E-state index in [2.05, 4.69) is 20.8 Å². The molecule has 2 aromatic heterocycles. The number of fused-ring (bicyclic) bond motifs is 1. The summed E-state index contributed by atoms with van der Waals surface area (Å²) in [6.45, 7) is -0.443. The predicted molar refractivity (Wildman–Crippen MR) is 140 cm³/mol. The van der Waals surface area contributed by atoms with Crippen molar-refractivity contribution in [1.29, 1.82) is 0 Å². The summed E-state index contributed by atoms with van der Waals surface area (Å²) < 4.78 is 67.3. The fourth-order valence-corrected chi connectivity index (χ4v) is 4.78. The molecular weight excluding hydrogens is 532 g/mol. The van der Waals surface area contributed by atoms with E-state index in [1.807, 2.05) is 11.9 Å². The van der Waals surface area contributed by atoms with Gasteiger partial charge < -0.3 is 29.3 Å². The van der Waals surface area contributed by atoms with Crippen molar-refractivity contribution in [2.24, 2.45) is 0 Å². The summed E-state index contributed by atoms with van der Waals surface area (Å²) in [5.74, 6) is 0.0827. The summed E-state index contributed by atoms with van der Waals surface area (Å²) in [6.07, 6.45) is -5.10. The number of piperidine rings is 1. The van der Waals surface area contributed by atoms with Crippen LogP contribution in [0.15, 0.2) is 52.9 Å². The van der Waals surface area contributed by atoms with Gasteiger partial charge in [-0.1, -0.05) is 6.07 Å². The van der Waals surface area contributed by atoms with Gasteiger partial charge in [0.05, 0.1) is 25.2 Å². The average molecular weight is 561 g/mol. The van der Waals surface area contributed by atoms with Crippen LogP contribution in [0.4, 0.5) is 23.2 Å². The van der Waals surface area contributed by atoms with Crippen LogP contribution in [0.5, 0.6) is 5.75 Å². The van der Waals surface area contributed by atoms with Gasteiger partial charge in [0, 0.05) is 29.7 Å². The molecule has 0 unspecified atom stereocenters. The summed E-state index contributed by atoms with van der Waals surface area (Å²) in [5, 5.41) is 14.2. The van der Waals surface area contributed by atoms with Crippen molar-refractivity contribution in [3.8, 4) is 17.3 Å². The lowest BCUT2D eigenvalue weighted by atomic mass is 10.0. The second-order valence-corrected chi connectivity index (χ2v) is 9.70. The van der Waals surface area contributed by atoms with E-state index in [9.17, 15) is 22.4 Å². The van der Waals surface area contributed by atoms with Crippen LogP contribution in [0, 0.1) is 0 Å². The number of anilines is 1. The molecule has 0 saturated carbocycles. The lowest BCUT2D eigenvalue weighted by Crippen LogP contribution is -2.46. The van der Waals surface area contributed by atoms with E-state index < -0.39 is 30.8 Å². The van der Waals surface area contributed by atoms with Crippen molar-refractivity contribution in [2.75, 3.05) is 32.6 Å². The normalized spacial score (nSPS) is 18.1. The highest BCUT2D eigenvalue weighted by Crippen LogP contribution is 2.35. The van der Waals surface area contributed by atoms with Gasteiger partial charge in [-0.25, -0.2) is 4.39 Å². The number of alkyl halides is 4. The van der Waals surface area contributed by atoms with Crippen LogP contribution in [0.1, 0.15) is 22.7 Å². The second-order valence-electron chi connectivity index (χ2n) is 9.70. The monoisotopic (exact) mass is 560 g/mol. The maximum absolute atomic E-state index is 14.7. The van der Waals surface area contributed by atoms with Gasteiger partial charge >= 0.3 is 6.18 Å². The molecule has 1 aliphatic heterocycles. The number of carbonyl (C=O) groups excluding carboxylic acids is 1. The van der Waals surface area contributed by atoms with E-state index in [-0.39, 0.29) is 36.1 Å². The first kappa shape index (κ1) is 27.4. The Hall–Kier alpha value is -4.13. The Morgan fingerprint density at radius 3 is 2.65 bits per heavy atom. The van der Waals surface area contributed by atoms with E-state index in [1.54, 1.807) is 42.5 Å². The molecule has 5 rings (SSSR count). The van der Waals surface area contributed by atoms with Gasteiger partial charge in [0.1, 0.15) is 24.2 Å². The average Bonchev–Trinajstić information content (AvgIpc) is 3.53. The molecule has 0 spiro atoms. The zero-order valence-corrected chi connectivity index (χ0v) is 21.8. The van der Waals surface area contributed by atoms with E-state index in [1.165, 1.54) is 13.2 Å². The molecule has 212 valence electrons. The number of nitrogens with one attached hydrogen (secondary N) is 2. The quantitative estimate of drug-likeness (QED) is 0.303. The van der Waals surface area contributed by atoms with Crippen molar-refractivity contribution >= 4 is 22.5 Å². The summed E-state index contributed by atoms with van der Waals surface area (Å²) in [6, 6.07) is 12.4. The van der Waals surface area contributed by atoms with E-state index in [0.717, 1.165) is 4.57 Å². The van der Waals surface area contributed by atoms with E-state index in [0.29, 0.717) is 35.4 Å². The van der Waals surface area contributed by atoms with Crippen LogP contribution in [-0.2, 0) is 13.1 Å². The zero-order chi connectivity index (χ0) is 28.4. The lowest BCUT2D eigenvalue weighted by Gasteiger charge is -2.33. The minimum atomic E-state index is -4.53. The number of ether oxygens (including phenoxy) is 1. The molecule has 2 N–H and O–H groups in total. The molecule has 3 heterocycles. The van der Waals surface area contributed by atoms with Gasteiger partial charge in [0.25, 0.3) is 11.8 Å². The second kappa shape index (κ2) is 11.2. The number of amides is 1. The van der Waals surface area contributed by atoms with Crippen molar-refractivity contribution in [3.63, 3.8) is 0 Å².